The number of likely N-dealkylation sites (tertiary alicyclic amines) is 1. The maximum absolute atomic E-state index is 12.7. The zero-order valence-electron chi connectivity index (χ0n) is 14.0. The van der Waals surface area contributed by atoms with Gasteiger partial charge in [0.2, 0.25) is 0 Å². The molecule has 3 aromatic rings. The van der Waals surface area contributed by atoms with E-state index in [2.05, 4.69) is 10.3 Å². The van der Waals surface area contributed by atoms with Crippen molar-refractivity contribution in [3.05, 3.63) is 60.0 Å². The van der Waals surface area contributed by atoms with Crippen molar-refractivity contribution in [3.63, 3.8) is 0 Å². The maximum Gasteiger partial charge on any atom is 0.322 e. The molecule has 6 nitrogen and oxygen atoms in total. The fourth-order valence-corrected chi connectivity index (χ4v) is 3.43. The van der Waals surface area contributed by atoms with Crippen LogP contribution < -0.4 is 5.32 Å². The Balaban J connectivity index is 1.53. The molecule has 1 unspecified atom stereocenters. The van der Waals surface area contributed by atoms with E-state index in [0.717, 1.165) is 42.0 Å². The first-order valence-electron chi connectivity index (χ1n) is 8.42. The number of pyridine rings is 1. The largest absolute Gasteiger partial charge is 0.508 e. The molecule has 25 heavy (non-hydrogen) atoms. The van der Waals surface area contributed by atoms with Crippen LogP contribution in [0.2, 0.25) is 0 Å². The first-order chi connectivity index (χ1) is 12.1. The lowest BCUT2D eigenvalue weighted by molar-refractivity contribution is 0.207. The van der Waals surface area contributed by atoms with Crippen molar-refractivity contribution in [1.29, 1.82) is 0 Å². The van der Waals surface area contributed by atoms with Crippen LogP contribution in [0, 0.1) is 6.92 Å². The van der Waals surface area contributed by atoms with Crippen molar-refractivity contribution < 1.29 is 9.90 Å². The van der Waals surface area contributed by atoms with Gasteiger partial charge in [-0.2, -0.15) is 0 Å². The number of hydrogen-bond donors (Lipinski definition) is 2. The zero-order chi connectivity index (χ0) is 17.4. The van der Waals surface area contributed by atoms with Gasteiger partial charge in [-0.05, 0) is 43.5 Å². The van der Waals surface area contributed by atoms with Gasteiger partial charge in [0.15, 0.2) is 0 Å². The van der Waals surface area contributed by atoms with Crippen molar-refractivity contribution in [2.75, 3.05) is 11.9 Å². The Morgan fingerprint density at radius 2 is 2.08 bits per heavy atom. The number of aryl methyl sites for hydroxylation is 1. The number of carbonyl (C=O) groups is 1. The minimum atomic E-state index is -0.108. The molecule has 128 valence electrons. The van der Waals surface area contributed by atoms with Crippen molar-refractivity contribution in [2.45, 2.75) is 25.8 Å². The van der Waals surface area contributed by atoms with E-state index in [1.165, 1.54) is 0 Å². The summed E-state index contributed by atoms with van der Waals surface area (Å²) in [6, 6.07) is 10.8. The van der Waals surface area contributed by atoms with Crippen LogP contribution in [0.3, 0.4) is 0 Å². The average molecular weight is 336 g/mol. The molecule has 3 heterocycles. The van der Waals surface area contributed by atoms with E-state index in [4.69, 9.17) is 0 Å². The van der Waals surface area contributed by atoms with Crippen LogP contribution in [-0.4, -0.2) is 32.0 Å². The second kappa shape index (κ2) is 6.12. The third-order valence-electron chi connectivity index (χ3n) is 4.62. The normalized spacial score (nSPS) is 17.2. The number of fused-ring (bicyclic) bond motifs is 1. The Bertz CT molecular complexity index is 917. The molecule has 0 spiro atoms. The summed E-state index contributed by atoms with van der Waals surface area (Å²) in [5.41, 5.74) is 3.53. The summed E-state index contributed by atoms with van der Waals surface area (Å²) in [6.07, 6.45) is 5.74. The van der Waals surface area contributed by atoms with Gasteiger partial charge in [-0.25, -0.2) is 9.78 Å². The van der Waals surface area contributed by atoms with Gasteiger partial charge in [-0.1, -0.05) is 12.1 Å². The zero-order valence-corrected chi connectivity index (χ0v) is 14.0. The fourth-order valence-electron chi connectivity index (χ4n) is 3.43. The smallest absolute Gasteiger partial charge is 0.322 e. The highest BCUT2D eigenvalue weighted by atomic mass is 16.3. The fraction of sp³-hybridized carbons (Fsp3) is 0.263. The molecule has 0 saturated carbocycles. The van der Waals surface area contributed by atoms with E-state index in [-0.39, 0.29) is 17.8 Å². The lowest BCUT2D eigenvalue weighted by atomic mass is 10.0. The number of benzene rings is 1. The quantitative estimate of drug-likeness (QED) is 0.749. The van der Waals surface area contributed by atoms with Crippen LogP contribution in [0.25, 0.3) is 5.65 Å². The molecular weight excluding hydrogens is 316 g/mol. The highest BCUT2D eigenvalue weighted by Gasteiger charge is 2.30. The van der Waals surface area contributed by atoms with Crippen LogP contribution in [0.1, 0.15) is 30.1 Å². The first-order valence-corrected chi connectivity index (χ1v) is 8.42. The summed E-state index contributed by atoms with van der Waals surface area (Å²) < 4.78 is 1.93. The average Bonchev–Trinajstić information content (AvgIpc) is 3.21. The highest BCUT2D eigenvalue weighted by Crippen LogP contribution is 2.33. The number of nitrogens with zero attached hydrogens (tertiary/aromatic N) is 3. The Labute approximate surface area is 145 Å². The molecule has 0 aliphatic carbocycles. The summed E-state index contributed by atoms with van der Waals surface area (Å²) in [6.45, 7) is 2.67. The van der Waals surface area contributed by atoms with Gasteiger partial charge >= 0.3 is 6.03 Å². The molecule has 2 aromatic heterocycles. The van der Waals surface area contributed by atoms with Crippen LogP contribution in [0.4, 0.5) is 10.5 Å². The Morgan fingerprint density at radius 1 is 1.28 bits per heavy atom. The molecule has 0 bridgehead atoms. The summed E-state index contributed by atoms with van der Waals surface area (Å²) >= 11 is 0. The van der Waals surface area contributed by atoms with Gasteiger partial charge in [-0.15, -0.1) is 0 Å². The summed E-state index contributed by atoms with van der Waals surface area (Å²) in [5.74, 6) is 0.237. The van der Waals surface area contributed by atoms with Crippen LogP contribution >= 0.6 is 0 Å². The van der Waals surface area contributed by atoms with E-state index >= 15 is 0 Å². The molecule has 1 fully saturated rings. The number of urea groups is 1. The number of hydrogen-bond acceptors (Lipinski definition) is 3. The van der Waals surface area contributed by atoms with E-state index in [1.807, 2.05) is 52.9 Å². The van der Waals surface area contributed by atoms with Gasteiger partial charge < -0.3 is 19.7 Å². The first kappa shape index (κ1) is 15.5. The van der Waals surface area contributed by atoms with E-state index in [9.17, 15) is 9.90 Å². The molecule has 1 aromatic carbocycles. The SMILES string of the molecule is Cc1cn2ccc(NC(=O)N3CCCC3c3ccc(O)cc3)cc2n1. The Kier molecular flexibility index (Phi) is 3.80. The van der Waals surface area contributed by atoms with Crippen molar-refractivity contribution >= 4 is 17.4 Å². The molecule has 0 radical (unpaired) electrons. The summed E-state index contributed by atoms with van der Waals surface area (Å²) in [4.78, 5) is 19.0. The maximum atomic E-state index is 12.7. The number of nitrogens with one attached hydrogen (secondary N) is 1. The number of imidazole rings is 1. The van der Waals surface area contributed by atoms with Gasteiger partial charge in [-0.3, -0.25) is 0 Å². The number of carbonyl (C=O) groups excluding carboxylic acids is 1. The lowest BCUT2D eigenvalue weighted by Gasteiger charge is -2.25. The topological polar surface area (TPSA) is 69.9 Å². The molecule has 2 amide bonds. The molecule has 1 atom stereocenters. The third-order valence-corrected chi connectivity index (χ3v) is 4.62. The Hall–Kier alpha value is -3.02. The van der Waals surface area contributed by atoms with Gasteiger partial charge in [0, 0.05) is 30.7 Å². The van der Waals surface area contributed by atoms with Gasteiger partial charge in [0.1, 0.15) is 11.4 Å². The molecule has 6 heteroatoms. The molecule has 1 saturated heterocycles. The van der Waals surface area contributed by atoms with E-state index in [1.54, 1.807) is 12.1 Å². The predicted molar refractivity (Wildman–Crippen MR) is 95.7 cm³/mol. The van der Waals surface area contributed by atoms with Crippen LogP contribution in [0.5, 0.6) is 5.75 Å². The highest BCUT2D eigenvalue weighted by molar-refractivity contribution is 5.90. The number of aromatic hydroxyl groups is 1. The van der Waals surface area contributed by atoms with Gasteiger partial charge in [0.05, 0.1) is 11.7 Å². The monoisotopic (exact) mass is 336 g/mol. The molecule has 2 N–H and O–H groups in total. The molecule has 4 rings (SSSR count). The van der Waals surface area contributed by atoms with Gasteiger partial charge in [0.25, 0.3) is 0 Å². The minimum Gasteiger partial charge on any atom is -0.508 e. The standard InChI is InChI=1S/C19H20N4O2/c1-13-12-22-10-8-15(11-18(22)20-13)21-19(25)23-9-2-3-17(23)14-4-6-16(24)7-5-14/h4-8,10-12,17,24H,2-3,9H2,1H3,(H,21,25). The van der Waals surface area contributed by atoms with E-state index in [0.29, 0.717) is 0 Å². The molecule has 1 aliphatic heterocycles. The number of anilines is 1. The number of phenolic OH excluding ortho intramolecular Hbond substituents is 1. The molecular formula is C19H20N4O2. The van der Waals surface area contributed by atoms with Crippen LogP contribution in [0.15, 0.2) is 48.8 Å². The summed E-state index contributed by atoms with van der Waals surface area (Å²) in [7, 11) is 0. The van der Waals surface area contributed by atoms with Crippen molar-refractivity contribution in [2.24, 2.45) is 0 Å². The number of rotatable bonds is 2. The second-order valence-corrected chi connectivity index (χ2v) is 6.44. The number of aromatic nitrogens is 2. The predicted octanol–water partition coefficient (Wildman–Crippen LogP) is 3.72. The molecule has 1 aliphatic rings. The van der Waals surface area contributed by atoms with Crippen molar-refractivity contribution in [1.82, 2.24) is 14.3 Å². The third kappa shape index (κ3) is 3.03. The van der Waals surface area contributed by atoms with Crippen LogP contribution in [-0.2, 0) is 0 Å². The Morgan fingerprint density at radius 3 is 2.88 bits per heavy atom. The number of amides is 2. The van der Waals surface area contributed by atoms with E-state index < -0.39 is 0 Å². The summed E-state index contributed by atoms with van der Waals surface area (Å²) in [5, 5.41) is 12.4. The second-order valence-electron chi connectivity index (χ2n) is 6.44. The number of phenols is 1. The lowest BCUT2D eigenvalue weighted by Crippen LogP contribution is -2.34. The van der Waals surface area contributed by atoms with Crippen molar-refractivity contribution in [3.8, 4) is 5.75 Å². The minimum absolute atomic E-state index is 0.0398.